The van der Waals surface area contributed by atoms with Crippen molar-refractivity contribution in [1.29, 1.82) is 0 Å². The maximum absolute atomic E-state index is 13.2. The summed E-state index contributed by atoms with van der Waals surface area (Å²) in [6, 6.07) is 13.4. The van der Waals surface area contributed by atoms with Crippen molar-refractivity contribution in [2.45, 2.75) is 5.16 Å². The molecule has 0 aliphatic carbocycles. The maximum Gasteiger partial charge on any atom is 0.321 e. The summed E-state index contributed by atoms with van der Waals surface area (Å²) in [5.74, 6) is -0.135. The first-order chi connectivity index (χ1) is 14.5. The van der Waals surface area contributed by atoms with E-state index in [4.69, 9.17) is 4.74 Å². The molecule has 0 saturated heterocycles. The molecule has 3 amide bonds. The van der Waals surface area contributed by atoms with Crippen LogP contribution >= 0.6 is 11.8 Å². The predicted octanol–water partition coefficient (Wildman–Crippen LogP) is 2.50. The number of carbonyl (C=O) groups excluding carboxylic acids is 2. The van der Waals surface area contributed by atoms with Crippen LogP contribution in [0.15, 0.2) is 71.1 Å². The van der Waals surface area contributed by atoms with Gasteiger partial charge in [-0.15, -0.1) is 6.58 Å². The molecule has 8 nitrogen and oxygen atoms in total. The standard InChI is InChI=1S/C21H20N4O4S/c1-3-12-22-20(28)24-18(26)13-30-21-23-15-9-5-4-8-14(15)19(27)25(21)16-10-6-7-11-17(16)29-2/h3-11H,1,12-13H2,2H3,(H2,22,24,26,28). The molecule has 0 atom stereocenters. The summed E-state index contributed by atoms with van der Waals surface area (Å²) in [5.41, 5.74) is 0.743. The highest BCUT2D eigenvalue weighted by Crippen LogP contribution is 2.26. The Hall–Kier alpha value is -3.59. The van der Waals surface area contributed by atoms with Crippen LogP contribution in [0.1, 0.15) is 0 Å². The lowest BCUT2D eigenvalue weighted by atomic mass is 10.2. The molecule has 0 fully saturated rings. The number of urea groups is 1. The third kappa shape index (κ3) is 4.69. The second kappa shape index (κ2) is 9.75. The average molecular weight is 424 g/mol. The van der Waals surface area contributed by atoms with Crippen LogP contribution in [0.3, 0.4) is 0 Å². The number of aromatic nitrogens is 2. The quantitative estimate of drug-likeness (QED) is 0.343. The van der Waals surface area contributed by atoms with Crippen molar-refractivity contribution < 1.29 is 14.3 Å². The van der Waals surface area contributed by atoms with E-state index in [0.29, 0.717) is 27.5 Å². The summed E-state index contributed by atoms with van der Waals surface area (Å²) < 4.78 is 6.81. The monoisotopic (exact) mass is 424 g/mol. The van der Waals surface area contributed by atoms with Gasteiger partial charge in [0, 0.05) is 6.54 Å². The van der Waals surface area contributed by atoms with Crippen molar-refractivity contribution in [3.8, 4) is 11.4 Å². The molecule has 0 aliphatic heterocycles. The number of carbonyl (C=O) groups is 2. The zero-order valence-corrected chi connectivity index (χ0v) is 17.1. The number of fused-ring (bicyclic) bond motifs is 1. The highest BCUT2D eigenvalue weighted by Gasteiger charge is 2.17. The number of hydrogen-bond donors (Lipinski definition) is 2. The lowest BCUT2D eigenvalue weighted by Gasteiger charge is -2.15. The molecule has 0 saturated carbocycles. The van der Waals surface area contributed by atoms with E-state index in [9.17, 15) is 14.4 Å². The van der Waals surface area contributed by atoms with Crippen molar-refractivity contribution in [1.82, 2.24) is 20.2 Å². The topological polar surface area (TPSA) is 102 Å². The highest BCUT2D eigenvalue weighted by molar-refractivity contribution is 7.99. The molecule has 2 N–H and O–H groups in total. The Balaban J connectivity index is 1.97. The van der Waals surface area contributed by atoms with Crippen LogP contribution in [0.4, 0.5) is 4.79 Å². The number of nitrogens with zero attached hydrogens (tertiary/aromatic N) is 2. The molecule has 2 aromatic carbocycles. The number of amides is 3. The van der Waals surface area contributed by atoms with E-state index in [0.717, 1.165) is 11.8 Å². The van der Waals surface area contributed by atoms with Gasteiger partial charge < -0.3 is 10.1 Å². The first kappa shape index (κ1) is 21.1. The van der Waals surface area contributed by atoms with Gasteiger partial charge in [0.05, 0.1) is 29.5 Å². The molecule has 1 heterocycles. The van der Waals surface area contributed by atoms with Crippen molar-refractivity contribution >= 4 is 34.6 Å². The molecule has 1 aromatic heterocycles. The van der Waals surface area contributed by atoms with Crippen LogP contribution < -0.4 is 20.9 Å². The first-order valence-electron chi connectivity index (χ1n) is 9.01. The molecular weight excluding hydrogens is 404 g/mol. The summed E-state index contributed by atoms with van der Waals surface area (Å²) in [6.07, 6.45) is 1.50. The van der Waals surface area contributed by atoms with E-state index in [2.05, 4.69) is 22.2 Å². The molecule has 9 heteroatoms. The Morgan fingerprint density at radius 3 is 2.70 bits per heavy atom. The molecule has 3 aromatic rings. The van der Waals surface area contributed by atoms with Gasteiger partial charge in [-0.3, -0.25) is 19.5 Å². The van der Waals surface area contributed by atoms with Crippen molar-refractivity contribution in [3.05, 3.63) is 71.5 Å². The fourth-order valence-corrected chi connectivity index (χ4v) is 3.54. The van der Waals surface area contributed by atoms with E-state index in [1.807, 2.05) is 0 Å². The van der Waals surface area contributed by atoms with Crippen LogP contribution in [0, 0.1) is 0 Å². The average Bonchev–Trinajstić information content (AvgIpc) is 2.76. The minimum Gasteiger partial charge on any atom is -0.495 e. The molecule has 0 bridgehead atoms. The van der Waals surface area contributed by atoms with Gasteiger partial charge in [-0.05, 0) is 24.3 Å². The molecule has 154 valence electrons. The number of methoxy groups -OCH3 is 1. The number of thioether (sulfide) groups is 1. The van der Waals surface area contributed by atoms with Gasteiger partial charge in [0.25, 0.3) is 5.56 Å². The molecule has 0 spiro atoms. The minimum atomic E-state index is -0.617. The molecule has 3 rings (SSSR count). The number of ether oxygens (including phenoxy) is 1. The highest BCUT2D eigenvalue weighted by atomic mass is 32.2. The zero-order valence-electron chi connectivity index (χ0n) is 16.3. The fraction of sp³-hybridized carbons (Fsp3) is 0.143. The van der Waals surface area contributed by atoms with E-state index < -0.39 is 11.9 Å². The van der Waals surface area contributed by atoms with Crippen LogP contribution in [-0.4, -0.2) is 40.9 Å². The zero-order chi connectivity index (χ0) is 21.5. The van der Waals surface area contributed by atoms with E-state index in [-0.39, 0.29) is 17.9 Å². The third-order valence-electron chi connectivity index (χ3n) is 4.06. The summed E-state index contributed by atoms with van der Waals surface area (Å²) in [7, 11) is 1.51. The summed E-state index contributed by atoms with van der Waals surface area (Å²) >= 11 is 1.05. The van der Waals surface area contributed by atoms with E-state index in [1.54, 1.807) is 48.5 Å². The molecule has 0 aliphatic rings. The smallest absolute Gasteiger partial charge is 0.321 e. The van der Waals surface area contributed by atoms with Gasteiger partial charge in [-0.25, -0.2) is 9.78 Å². The van der Waals surface area contributed by atoms with Gasteiger partial charge in [-0.2, -0.15) is 0 Å². The van der Waals surface area contributed by atoms with Crippen LogP contribution in [0.2, 0.25) is 0 Å². The predicted molar refractivity (Wildman–Crippen MR) is 116 cm³/mol. The number of nitrogens with one attached hydrogen (secondary N) is 2. The summed E-state index contributed by atoms with van der Waals surface area (Å²) in [5, 5.41) is 5.44. The Bertz CT molecular complexity index is 1160. The Kier molecular flexibility index (Phi) is 6.87. The number of imide groups is 1. The third-order valence-corrected chi connectivity index (χ3v) is 5.00. The normalized spacial score (nSPS) is 10.4. The van der Waals surface area contributed by atoms with Gasteiger partial charge in [0.2, 0.25) is 5.91 Å². The van der Waals surface area contributed by atoms with Crippen LogP contribution in [0.5, 0.6) is 5.75 Å². The largest absolute Gasteiger partial charge is 0.495 e. The number of para-hydroxylation sites is 3. The molecule has 30 heavy (non-hydrogen) atoms. The lowest BCUT2D eigenvalue weighted by Crippen LogP contribution is -2.40. The van der Waals surface area contributed by atoms with Gasteiger partial charge in [-0.1, -0.05) is 42.1 Å². The Morgan fingerprint density at radius 2 is 1.93 bits per heavy atom. The number of benzene rings is 2. The number of rotatable bonds is 7. The minimum absolute atomic E-state index is 0.110. The Morgan fingerprint density at radius 1 is 1.20 bits per heavy atom. The first-order valence-corrected chi connectivity index (χ1v) is 10.00. The van der Waals surface area contributed by atoms with Crippen LogP contribution in [-0.2, 0) is 4.79 Å². The summed E-state index contributed by atoms with van der Waals surface area (Å²) in [6.45, 7) is 3.73. The van der Waals surface area contributed by atoms with Gasteiger partial charge >= 0.3 is 6.03 Å². The molecule has 0 unspecified atom stereocenters. The molecular formula is C21H20N4O4S. The second-order valence-electron chi connectivity index (χ2n) is 6.06. The van der Waals surface area contributed by atoms with Crippen molar-refractivity contribution in [3.63, 3.8) is 0 Å². The number of hydrogen-bond acceptors (Lipinski definition) is 6. The van der Waals surface area contributed by atoms with E-state index in [1.165, 1.54) is 17.8 Å². The Labute approximate surface area is 177 Å². The van der Waals surface area contributed by atoms with Gasteiger partial charge in [0.15, 0.2) is 5.16 Å². The molecule has 0 radical (unpaired) electrons. The van der Waals surface area contributed by atoms with Crippen molar-refractivity contribution in [2.24, 2.45) is 0 Å². The summed E-state index contributed by atoms with van der Waals surface area (Å²) in [4.78, 5) is 41.6. The second-order valence-corrected chi connectivity index (χ2v) is 7.00. The van der Waals surface area contributed by atoms with Gasteiger partial charge in [0.1, 0.15) is 5.75 Å². The van der Waals surface area contributed by atoms with Crippen molar-refractivity contribution in [2.75, 3.05) is 19.4 Å². The fourth-order valence-electron chi connectivity index (χ4n) is 2.74. The lowest BCUT2D eigenvalue weighted by molar-refractivity contribution is -0.117. The van der Waals surface area contributed by atoms with E-state index >= 15 is 0 Å². The SMILES string of the molecule is C=CCNC(=O)NC(=O)CSc1nc2ccccc2c(=O)n1-c1ccccc1OC. The van der Waals surface area contributed by atoms with Crippen LogP contribution in [0.25, 0.3) is 16.6 Å². The maximum atomic E-state index is 13.2.